The van der Waals surface area contributed by atoms with Gasteiger partial charge in [-0.1, -0.05) is 6.07 Å². The molecule has 3 aliphatic rings. The lowest BCUT2D eigenvalue weighted by Gasteiger charge is -2.27. The van der Waals surface area contributed by atoms with Crippen molar-refractivity contribution in [1.82, 2.24) is 0 Å². The summed E-state index contributed by atoms with van der Waals surface area (Å²) in [4.78, 5) is 25.2. The Morgan fingerprint density at radius 1 is 0.850 bits per heavy atom. The second kappa shape index (κ2) is 4.18. The minimum absolute atomic E-state index is 0.0668. The zero-order chi connectivity index (χ0) is 13.9. The summed E-state index contributed by atoms with van der Waals surface area (Å²) in [5.74, 6) is 0.347. The number of carbonyl (C=O) groups is 2. The quantitative estimate of drug-likeness (QED) is 0.841. The van der Waals surface area contributed by atoms with Gasteiger partial charge in [0.15, 0.2) is 11.6 Å². The molecule has 3 heteroatoms. The molecule has 0 aromatic heterocycles. The number of benzene rings is 1. The fourth-order valence-electron chi connectivity index (χ4n) is 3.99. The summed E-state index contributed by atoms with van der Waals surface area (Å²) < 4.78 is 0. The first-order valence-corrected chi connectivity index (χ1v) is 7.55. The fraction of sp³-hybridized carbons (Fsp3) is 0.529. The van der Waals surface area contributed by atoms with E-state index in [0.29, 0.717) is 5.92 Å². The van der Waals surface area contributed by atoms with Crippen LogP contribution < -0.4 is 0 Å². The monoisotopic (exact) mass is 270 g/mol. The molecule has 3 saturated carbocycles. The predicted octanol–water partition coefficient (Wildman–Crippen LogP) is 2.92. The highest BCUT2D eigenvalue weighted by Gasteiger charge is 2.48. The molecule has 0 heterocycles. The van der Waals surface area contributed by atoms with E-state index >= 15 is 0 Å². The minimum atomic E-state index is -0.607. The highest BCUT2D eigenvalue weighted by atomic mass is 16.3. The Morgan fingerprint density at radius 3 is 2.05 bits per heavy atom. The van der Waals surface area contributed by atoms with Gasteiger partial charge in [0, 0.05) is 11.8 Å². The third-order valence-electron chi connectivity index (χ3n) is 5.20. The van der Waals surface area contributed by atoms with Gasteiger partial charge >= 0.3 is 0 Å². The number of phenolic OH excluding ortho intramolecular Hbond substituents is 1. The number of fused-ring (bicyclic) bond motifs is 2. The molecule has 1 N–H and O–H groups in total. The highest BCUT2D eigenvalue weighted by molar-refractivity contribution is 6.12. The molecule has 1 aromatic rings. The first kappa shape index (κ1) is 12.1. The van der Waals surface area contributed by atoms with Crippen LogP contribution in [0.15, 0.2) is 18.2 Å². The summed E-state index contributed by atoms with van der Waals surface area (Å²) in [6.45, 7) is 0. The Morgan fingerprint density at radius 2 is 1.45 bits per heavy atom. The second-order valence-corrected chi connectivity index (χ2v) is 6.53. The first-order chi connectivity index (χ1) is 9.65. The molecule has 0 aliphatic heterocycles. The van der Waals surface area contributed by atoms with Crippen LogP contribution >= 0.6 is 0 Å². The number of phenols is 1. The lowest BCUT2D eigenvalue weighted by Crippen LogP contribution is -2.35. The van der Waals surface area contributed by atoms with E-state index in [1.54, 1.807) is 12.1 Å². The molecule has 4 rings (SSSR count). The largest absolute Gasteiger partial charge is 0.508 e. The average Bonchev–Trinajstić information content (AvgIpc) is 3.16. The number of ketones is 2. The SMILES string of the molecule is O=C1C2CCC(C2)C(=O)C1c1cc(O)ccc1C1CC1. The third kappa shape index (κ3) is 1.72. The normalized spacial score (nSPS) is 32.7. The van der Waals surface area contributed by atoms with Crippen molar-refractivity contribution in [3.63, 3.8) is 0 Å². The summed E-state index contributed by atoms with van der Waals surface area (Å²) in [6.07, 6.45) is 4.73. The number of Topliss-reactive ketones (excluding diaryl/α,β-unsaturated/α-hetero) is 2. The van der Waals surface area contributed by atoms with Crippen molar-refractivity contribution in [2.45, 2.75) is 43.9 Å². The van der Waals surface area contributed by atoms with Crippen molar-refractivity contribution in [1.29, 1.82) is 0 Å². The van der Waals surface area contributed by atoms with Crippen LogP contribution in [0.3, 0.4) is 0 Å². The predicted molar refractivity (Wildman–Crippen MR) is 73.7 cm³/mol. The maximum absolute atomic E-state index is 12.6. The van der Waals surface area contributed by atoms with Gasteiger partial charge in [0.25, 0.3) is 0 Å². The summed E-state index contributed by atoms with van der Waals surface area (Å²) in [5, 5.41) is 9.77. The number of hydrogen-bond donors (Lipinski definition) is 1. The molecule has 2 bridgehead atoms. The first-order valence-electron chi connectivity index (χ1n) is 7.55. The molecule has 0 radical (unpaired) electrons. The molecule has 0 saturated heterocycles. The van der Waals surface area contributed by atoms with Crippen LogP contribution in [0, 0.1) is 11.8 Å². The summed E-state index contributed by atoms with van der Waals surface area (Å²) in [6, 6.07) is 5.22. The second-order valence-electron chi connectivity index (χ2n) is 6.53. The zero-order valence-electron chi connectivity index (χ0n) is 11.3. The van der Waals surface area contributed by atoms with Crippen LogP contribution in [0.5, 0.6) is 5.75 Å². The molecule has 0 spiro atoms. The summed E-state index contributed by atoms with van der Waals surface area (Å²) in [5.41, 5.74) is 1.90. The lowest BCUT2D eigenvalue weighted by atomic mass is 9.74. The maximum atomic E-state index is 12.6. The highest BCUT2D eigenvalue weighted by Crippen LogP contribution is 2.49. The number of hydrogen-bond acceptors (Lipinski definition) is 3. The van der Waals surface area contributed by atoms with Crippen molar-refractivity contribution in [2.75, 3.05) is 0 Å². The molecule has 3 aliphatic carbocycles. The van der Waals surface area contributed by atoms with E-state index in [0.717, 1.165) is 43.2 Å². The van der Waals surface area contributed by atoms with Crippen LogP contribution in [0.2, 0.25) is 0 Å². The smallest absolute Gasteiger partial charge is 0.150 e. The van der Waals surface area contributed by atoms with E-state index in [1.165, 1.54) is 0 Å². The number of aromatic hydroxyl groups is 1. The van der Waals surface area contributed by atoms with Crippen LogP contribution in [-0.4, -0.2) is 16.7 Å². The van der Waals surface area contributed by atoms with Crippen molar-refractivity contribution in [3.05, 3.63) is 29.3 Å². The van der Waals surface area contributed by atoms with Gasteiger partial charge in [-0.3, -0.25) is 9.59 Å². The molecule has 0 amide bonds. The zero-order valence-corrected chi connectivity index (χ0v) is 11.3. The third-order valence-corrected chi connectivity index (χ3v) is 5.20. The van der Waals surface area contributed by atoms with Crippen molar-refractivity contribution in [2.24, 2.45) is 11.8 Å². The molecule has 20 heavy (non-hydrogen) atoms. The van der Waals surface area contributed by atoms with Gasteiger partial charge in [0.1, 0.15) is 11.7 Å². The van der Waals surface area contributed by atoms with Crippen LogP contribution in [0.1, 0.15) is 55.1 Å². The van der Waals surface area contributed by atoms with E-state index < -0.39 is 5.92 Å². The Hall–Kier alpha value is -1.64. The van der Waals surface area contributed by atoms with Crippen LogP contribution in [0.25, 0.3) is 0 Å². The molecule has 3 nitrogen and oxygen atoms in total. The Balaban J connectivity index is 1.81. The number of carbonyl (C=O) groups excluding carboxylic acids is 2. The molecule has 1 aromatic carbocycles. The van der Waals surface area contributed by atoms with Crippen molar-refractivity contribution >= 4 is 11.6 Å². The molecule has 2 unspecified atom stereocenters. The Kier molecular flexibility index (Phi) is 2.53. The topological polar surface area (TPSA) is 54.4 Å². The maximum Gasteiger partial charge on any atom is 0.150 e. The van der Waals surface area contributed by atoms with Crippen molar-refractivity contribution < 1.29 is 14.7 Å². The van der Waals surface area contributed by atoms with Gasteiger partial charge in [-0.15, -0.1) is 0 Å². The van der Waals surface area contributed by atoms with E-state index in [4.69, 9.17) is 0 Å². The Labute approximate surface area is 118 Å². The minimum Gasteiger partial charge on any atom is -0.508 e. The number of rotatable bonds is 2. The standard InChI is InChI=1S/C17H18O3/c18-12-5-6-13(9-1-2-9)14(8-12)15-16(19)10-3-4-11(7-10)17(15)20/h5-6,8-11,15,18H,1-4,7H2. The summed E-state index contributed by atoms with van der Waals surface area (Å²) in [7, 11) is 0. The van der Waals surface area contributed by atoms with Gasteiger partial charge in [-0.25, -0.2) is 0 Å². The van der Waals surface area contributed by atoms with Crippen molar-refractivity contribution in [3.8, 4) is 5.75 Å². The van der Waals surface area contributed by atoms with Gasteiger partial charge < -0.3 is 5.11 Å². The van der Waals surface area contributed by atoms with Gasteiger partial charge in [0.2, 0.25) is 0 Å². The van der Waals surface area contributed by atoms with E-state index in [2.05, 4.69) is 0 Å². The molecule has 2 atom stereocenters. The van der Waals surface area contributed by atoms with E-state index in [9.17, 15) is 14.7 Å². The molecule has 104 valence electrons. The Bertz CT molecular complexity index is 578. The molecule has 3 fully saturated rings. The van der Waals surface area contributed by atoms with Gasteiger partial charge in [-0.05, 0) is 61.3 Å². The lowest BCUT2D eigenvalue weighted by molar-refractivity contribution is -0.135. The summed E-state index contributed by atoms with van der Waals surface area (Å²) >= 11 is 0. The van der Waals surface area contributed by atoms with Gasteiger partial charge in [0.05, 0.1) is 0 Å². The molecular weight excluding hydrogens is 252 g/mol. The fourth-order valence-corrected chi connectivity index (χ4v) is 3.99. The van der Waals surface area contributed by atoms with Gasteiger partial charge in [-0.2, -0.15) is 0 Å². The molecular formula is C17H18O3. The average molecular weight is 270 g/mol. The van der Waals surface area contributed by atoms with E-state index in [-0.39, 0.29) is 29.2 Å². The van der Waals surface area contributed by atoms with Crippen LogP contribution in [0.4, 0.5) is 0 Å². The van der Waals surface area contributed by atoms with Crippen LogP contribution in [-0.2, 0) is 9.59 Å². The van der Waals surface area contributed by atoms with E-state index in [1.807, 2.05) is 6.07 Å².